The minimum atomic E-state index is -0.126. The van der Waals surface area contributed by atoms with Gasteiger partial charge < -0.3 is 4.74 Å². The highest BCUT2D eigenvalue weighted by molar-refractivity contribution is 5.66. The number of fused-ring (bicyclic) bond motifs is 1. The Balaban J connectivity index is 2.16. The van der Waals surface area contributed by atoms with Crippen LogP contribution in [0.4, 0.5) is 0 Å². The maximum atomic E-state index is 11.1. The molecule has 2 rings (SSSR count). The number of carbonyl (C=O) groups excluding carboxylic acids is 1. The summed E-state index contributed by atoms with van der Waals surface area (Å²) in [5.41, 5.74) is 1.88. The normalized spacial score (nSPS) is 37.8. The Morgan fingerprint density at radius 2 is 2.38 bits per heavy atom. The summed E-state index contributed by atoms with van der Waals surface area (Å²) in [6.45, 7) is 6.11. The van der Waals surface area contributed by atoms with Gasteiger partial charge in [0.25, 0.3) is 0 Å². The zero-order chi connectivity index (χ0) is 11.8. The molecular formula is C14H22O2. The van der Waals surface area contributed by atoms with Crippen LogP contribution in [0.3, 0.4) is 0 Å². The zero-order valence-electron chi connectivity index (χ0n) is 10.6. The number of hydrogen-bond donors (Lipinski definition) is 0. The van der Waals surface area contributed by atoms with E-state index in [2.05, 4.69) is 19.9 Å². The van der Waals surface area contributed by atoms with Crippen LogP contribution in [0.25, 0.3) is 0 Å². The second kappa shape index (κ2) is 4.23. The van der Waals surface area contributed by atoms with Gasteiger partial charge >= 0.3 is 5.97 Å². The monoisotopic (exact) mass is 222 g/mol. The highest BCUT2D eigenvalue weighted by atomic mass is 16.5. The molecule has 16 heavy (non-hydrogen) atoms. The van der Waals surface area contributed by atoms with E-state index in [-0.39, 0.29) is 12.1 Å². The van der Waals surface area contributed by atoms with Gasteiger partial charge in [-0.3, -0.25) is 4.79 Å². The standard InChI is InChI=1S/C14H22O2/c1-4-11-7-8-12-13(16-10(2)15)6-5-9-14(11,12)3/h7,12-13H,4-6,8-9H2,1-3H3. The van der Waals surface area contributed by atoms with Gasteiger partial charge in [-0.2, -0.15) is 0 Å². The van der Waals surface area contributed by atoms with Crippen molar-refractivity contribution in [3.63, 3.8) is 0 Å². The minimum Gasteiger partial charge on any atom is -0.462 e. The molecule has 0 bridgehead atoms. The van der Waals surface area contributed by atoms with Crippen molar-refractivity contribution < 1.29 is 9.53 Å². The van der Waals surface area contributed by atoms with Gasteiger partial charge in [-0.05, 0) is 37.5 Å². The van der Waals surface area contributed by atoms with Crippen molar-refractivity contribution >= 4 is 5.97 Å². The van der Waals surface area contributed by atoms with Gasteiger partial charge in [-0.25, -0.2) is 0 Å². The molecule has 3 atom stereocenters. The maximum Gasteiger partial charge on any atom is 0.302 e. The number of carbonyl (C=O) groups is 1. The van der Waals surface area contributed by atoms with E-state index < -0.39 is 0 Å². The molecule has 0 spiro atoms. The van der Waals surface area contributed by atoms with Gasteiger partial charge in [0, 0.05) is 12.8 Å². The van der Waals surface area contributed by atoms with Crippen LogP contribution in [0.5, 0.6) is 0 Å². The predicted octanol–water partition coefficient (Wildman–Crippen LogP) is 3.46. The van der Waals surface area contributed by atoms with Gasteiger partial charge in [-0.1, -0.05) is 25.5 Å². The lowest BCUT2D eigenvalue weighted by Crippen LogP contribution is -2.40. The highest BCUT2D eigenvalue weighted by Crippen LogP contribution is 2.54. The summed E-state index contributed by atoms with van der Waals surface area (Å²) in [6, 6.07) is 0. The van der Waals surface area contributed by atoms with Gasteiger partial charge in [-0.15, -0.1) is 0 Å². The fourth-order valence-electron chi connectivity index (χ4n) is 3.68. The summed E-state index contributed by atoms with van der Waals surface area (Å²) in [7, 11) is 0. The zero-order valence-corrected chi connectivity index (χ0v) is 10.6. The van der Waals surface area contributed by atoms with Gasteiger partial charge in [0.05, 0.1) is 0 Å². The molecular weight excluding hydrogens is 200 g/mol. The first kappa shape index (κ1) is 11.7. The second-order valence-corrected chi connectivity index (χ2v) is 5.38. The van der Waals surface area contributed by atoms with E-state index in [4.69, 9.17) is 4.74 Å². The average Bonchev–Trinajstić information content (AvgIpc) is 2.54. The molecule has 0 radical (unpaired) electrons. The first-order valence-electron chi connectivity index (χ1n) is 6.44. The Morgan fingerprint density at radius 1 is 1.62 bits per heavy atom. The molecule has 0 aromatic carbocycles. The number of ether oxygens (including phenoxy) is 1. The van der Waals surface area contributed by atoms with E-state index >= 15 is 0 Å². The van der Waals surface area contributed by atoms with Gasteiger partial charge in [0.2, 0.25) is 0 Å². The molecule has 2 aliphatic rings. The van der Waals surface area contributed by atoms with E-state index in [1.54, 1.807) is 5.57 Å². The van der Waals surface area contributed by atoms with Crippen molar-refractivity contribution in [1.82, 2.24) is 0 Å². The van der Waals surface area contributed by atoms with Crippen LogP contribution in [-0.4, -0.2) is 12.1 Å². The Morgan fingerprint density at radius 3 is 3.00 bits per heavy atom. The Bertz CT molecular complexity index is 319. The molecule has 3 unspecified atom stereocenters. The molecule has 2 nitrogen and oxygen atoms in total. The summed E-state index contributed by atoms with van der Waals surface area (Å²) in [4.78, 5) is 11.1. The smallest absolute Gasteiger partial charge is 0.302 e. The van der Waals surface area contributed by atoms with Crippen LogP contribution < -0.4 is 0 Å². The summed E-state index contributed by atoms with van der Waals surface area (Å²) in [5, 5.41) is 0. The summed E-state index contributed by atoms with van der Waals surface area (Å²) >= 11 is 0. The molecule has 0 saturated heterocycles. The molecule has 0 N–H and O–H groups in total. The lowest BCUT2D eigenvalue weighted by Gasteiger charge is -2.43. The number of hydrogen-bond acceptors (Lipinski definition) is 2. The third-order valence-corrected chi connectivity index (χ3v) is 4.50. The van der Waals surface area contributed by atoms with Crippen LogP contribution in [0.1, 0.15) is 52.9 Å². The van der Waals surface area contributed by atoms with Crippen LogP contribution in [0.2, 0.25) is 0 Å². The molecule has 0 aromatic rings. The quantitative estimate of drug-likeness (QED) is 0.528. The topological polar surface area (TPSA) is 26.3 Å². The third-order valence-electron chi connectivity index (χ3n) is 4.50. The number of rotatable bonds is 2. The lowest BCUT2D eigenvalue weighted by molar-refractivity contribution is -0.153. The summed E-state index contributed by atoms with van der Waals surface area (Å²) in [5.74, 6) is 0.402. The molecule has 90 valence electrons. The molecule has 0 aliphatic heterocycles. The molecule has 0 amide bonds. The summed E-state index contributed by atoms with van der Waals surface area (Å²) in [6.07, 6.45) is 8.25. The van der Waals surface area contributed by atoms with Crippen LogP contribution in [0, 0.1) is 11.3 Å². The molecule has 2 aliphatic carbocycles. The van der Waals surface area contributed by atoms with Crippen LogP contribution in [-0.2, 0) is 9.53 Å². The van der Waals surface area contributed by atoms with E-state index in [0.717, 1.165) is 19.3 Å². The average molecular weight is 222 g/mol. The number of esters is 1. The Hall–Kier alpha value is -0.790. The maximum absolute atomic E-state index is 11.1. The lowest BCUT2D eigenvalue weighted by atomic mass is 9.65. The van der Waals surface area contributed by atoms with E-state index in [9.17, 15) is 4.79 Å². The van der Waals surface area contributed by atoms with E-state index in [0.29, 0.717) is 11.3 Å². The fourth-order valence-corrected chi connectivity index (χ4v) is 3.68. The summed E-state index contributed by atoms with van der Waals surface area (Å²) < 4.78 is 5.49. The molecule has 0 heterocycles. The minimum absolute atomic E-state index is 0.126. The molecule has 1 saturated carbocycles. The van der Waals surface area contributed by atoms with Gasteiger partial charge in [0.1, 0.15) is 6.10 Å². The van der Waals surface area contributed by atoms with Crippen molar-refractivity contribution in [2.45, 2.75) is 59.0 Å². The van der Waals surface area contributed by atoms with Crippen molar-refractivity contribution in [2.75, 3.05) is 0 Å². The van der Waals surface area contributed by atoms with Gasteiger partial charge in [0.15, 0.2) is 0 Å². The Kier molecular flexibility index (Phi) is 3.09. The SMILES string of the molecule is CCC1=CCC2C(OC(C)=O)CCCC12C. The first-order chi connectivity index (χ1) is 7.58. The fraction of sp³-hybridized carbons (Fsp3) is 0.786. The highest BCUT2D eigenvalue weighted by Gasteiger charge is 2.47. The predicted molar refractivity (Wildman–Crippen MR) is 64.0 cm³/mol. The molecule has 1 fully saturated rings. The molecule has 2 heteroatoms. The van der Waals surface area contributed by atoms with Crippen molar-refractivity contribution in [1.29, 1.82) is 0 Å². The van der Waals surface area contributed by atoms with E-state index in [1.807, 2.05) is 0 Å². The van der Waals surface area contributed by atoms with Crippen molar-refractivity contribution in [3.8, 4) is 0 Å². The van der Waals surface area contributed by atoms with Crippen molar-refractivity contribution in [2.24, 2.45) is 11.3 Å². The van der Waals surface area contributed by atoms with Crippen molar-refractivity contribution in [3.05, 3.63) is 11.6 Å². The largest absolute Gasteiger partial charge is 0.462 e. The second-order valence-electron chi connectivity index (χ2n) is 5.38. The number of allylic oxidation sites excluding steroid dienone is 2. The first-order valence-corrected chi connectivity index (χ1v) is 6.44. The van der Waals surface area contributed by atoms with Crippen LogP contribution in [0.15, 0.2) is 11.6 Å². The van der Waals surface area contributed by atoms with E-state index in [1.165, 1.54) is 19.8 Å². The Labute approximate surface area is 98.1 Å². The molecule has 0 aromatic heterocycles. The van der Waals surface area contributed by atoms with Crippen LogP contribution >= 0.6 is 0 Å². The third kappa shape index (κ3) is 1.79.